The van der Waals surface area contributed by atoms with Crippen molar-refractivity contribution < 1.29 is 4.79 Å². The molecule has 3 nitrogen and oxygen atoms in total. The summed E-state index contributed by atoms with van der Waals surface area (Å²) in [5.74, 6) is 0.495. The van der Waals surface area contributed by atoms with Crippen molar-refractivity contribution in [1.82, 2.24) is 10.3 Å². The van der Waals surface area contributed by atoms with E-state index in [1.807, 2.05) is 0 Å². The number of pyridine rings is 1. The summed E-state index contributed by atoms with van der Waals surface area (Å²) in [6, 6.07) is 7.00. The van der Waals surface area contributed by atoms with Crippen molar-refractivity contribution in [3.05, 3.63) is 41.0 Å². The van der Waals surface area contributed by atoms with Crippen LogP contribution in [0.25, 0.3) is 10.9 Å². The first-order valence-electron chi connectivity index (χ1n) is 5.15. The van der Waals surface area contributed by atoms with Gasteiger partial charge in [-0.05, 0) is 18.2 Å². The van der Waals surface area contributed by atoms with Gasteiger partial charge in [0.05, 0.1) is 11.1 Å². The number of hydrogen-bond acceptors (Lipinski definition) is 3. The molecule has 0 radical (unpaired) electrons. The largest absolute Gasteiger partial charge is 0.351 e. The molecule has 0 aliphatic rings. The zero-order valence-corrected chi connectivity index (χ0v) is 10.6. The fraction of sp³-hybridized carbons (Fsp3) is 0.167. The molecular formula is C12H11ClN2OS. The van der Waals surface area contributed by atoms with Crippen molar-refractivity contribution in [1.29, 1.82) is 0 Å². The van der Waals surface area contributed by atoms with Gasteiger partial charge in [-0.25, -0.2) is 0 Å². The summed E-state index contributed by atoms with van der Waals surface area (Å²) in [7, 11) is 0. The molecule has 1 N–H and O–H groups in total. The van der Waals surface area contributed by atoms with E-state index < -0.39 is 0 Å². The average Bonchev–Trinajstić information content (AvgIpc) is 2.34. The van der Waals surface area contributed by atoms with Gasteiger partial charge in [0.2, 0.25) is 0 Å². The smallest absolute Gasteiger partial charge is 0.252 e. The van der Waals surface area contributed by atoms with E-state index in [2.05, 4.69) is 22.9 Å². The Bertz CT molecular complexity index is 559. The van der Waals surface area contributed by atoms with Gasteiger partial charge in [0, 0.05) is 28.9 Å². The molecule has 0 bridgehead atoms. The number of benzene rings is 1. The molecular weight excluding hydrogens is 256 g/mol. The molecule has 0 fully saturated rings. The summed E-state index contributed by atoms with van der Waals surface area (Å²) >= 11 is 9.93. The van der Waals surface area contributed by atoms with Crippen LogP contribution >= 0.6 is 24.2 Å². The first-order valence-corrected chi connectivity index (χ1v) is 6.17. The molecule has 0 unspecified atom stereocenters. The number of thiol groups is 1. The first kappa shape index (κ1) is 12.2. The van der Waals surface area contributed by atoms with Crippen molar-refractivity contribution in [2.75, 3.05) is 12.3 Å². The van der Waals surface area contributed by atoms with Gasteiger partial charge in [-0.15, -0.1) is 0 Å². The molecule has 2 rings (SSSR count). The zero-order valence-electron chi connectivity index (χ0n) is 8.98. The second kappa shape index (κ2) is 5.38. The molecule has 0 saturated heterocycles. The molecule has 0 spiro atoms. The summed E-state index contributed by atoms with van der Waals surface area (Å²) in [4.78, 5) is 16.1. The van der Waals surface area contributed by atoms with Crippen LogP contribution < -0.4 is 5.32 Å². The highest BCUT2D eigenvalue weighted by Gasteiger charge is 2.09. The quantitative estimate of drug-likeness (QED) is 0.839. The van der Waals surface area contributed by atoms with E-state index in [9.17, 15) is 4.79 Å². The van der Waals surface area contributed by atoms with Crippen molar-refractivity contribution in [3.8, 4) is 0 Å². The van der Waals surface area contributed by atoms with E-state index in [0.717, 1.165) is 10.9 Å². The third kappa shape index (κ3) is 2.70. The summed E-state index contributed by atoms with van der Waals surface area (Å²) in [6.45, 7) is 0.541. The van der Waals surface area contributed by atoms with Crippen molar-refractivity contribution in [2.24, 2.45) is 0 Å². The van der Waals surface area contributed by atoms with Gasteiger partial charge in [0.1, 0.15) is 0 Å². The van der Waals surface area contributed by atoms with E-state index in [1.54, 1.807) is 30.5 Å². The second-order valence-corrected chi connectivity index (χ2v) is 4.38. The van der Waals surface area contributed by atoms with Crippen LogP contribution in [-0.4, -0.2) is 23.2 Å². The Morgan fingerprint density at radius 3 is 3.00 bits per heavy atom. The lowest BCUT2D eigenvalue weighted by atomic mass is 10.1. The van der Waals surface area contributed by atoms with Crippen LogP contribution in [0.5, 0.6) is 0 Å². The van der Waals surface area contributed by atoms with Crippen LogP contribution in [0.1, 0.15) is 10.4 Å². The van der Waals surface area contributed by atoms with Gasteiger partial charge in [-0.2, -0.15) is 12.6 Å². The number of nitrogens with zero attached hydrogens (tertiary/aromatic N) is 1. The number of halogens is 1. The average molecular weight is 267 g/mol. The number of carbonyl (C=O) groups excluding carboxylic acids is 1. The second-order valence-electron chi connectivity index (χ2n) is 3.50. The Labute approximate surface area is 110 Å². The number of fused-ring (bicyclic) bond motifs is 1. The van der Waals surface area contributed by atoms with E-state index in [1.165, 1.54) is 0 Å². The fourth-order valence-corrected chi connectivity index (χ4v) is 1.86. The Morgan fingerprint density at radius 1 is 1.41 bits per heavy atom. The predicted octanol–water partition coefficient (Wildman–Crippen LogP) is 2.55. The van der Waals surface area contributed by atoms with Gasteiger partial charge < -0.3 is 5.32 Å². The summed E-state index contributed by atoms with van der Waals surface area (Å²) in [6.07, 6.45) is 1.61. The van der Waals surface area contributed by atoms with Crippen molar-refractivity contribution in [2.45, 2.75) is 0 Å². The molecule has 5 heteroatoms. The van der Waals surface area contributed by atoms with E-state index >= 15 is 0 Å². The number of nitrogens with one attached hydrogen (secondary N) is 1. The predicted molar refractivity (Wildman–Crippen MR) is 72.9 cm³/mol. The van der Waals surface area contributed by atoms with Crippen LogP contribution in [0.4, 0.5) is 0 Å². The molecule has 1 aromatic carbocycles. The standard InChI is InChI=1S/C12H11ClN2OS/c13-8-1-2-9-10(12(16)15-5-6-17)3-4-14-11(9)7-8/h1-4,7,17H,5-6H2,(H,15,16). The molecule has 1 heterocycles. The SMILES string of the molecule is O=C(NCCS)c1ccnc2cc(Cl)ccc12. The third-order valence-electron chi connectivity index (χ3n) is 2.35. The molecule has 0 atom stereocenters. The zero-order chi connectivity index (χ0) is 12.3. The lowest BCUT2D eigenvalue weighted by Gasteiger charge is -2.06. The van der Waals surface area contributed by atoms with Gasteiger partial charge in [-0.3, -0.25) is 9.78 Å². The number of carbonyl (C=O) groups is 1. The highest BCUT2D eigenvalue weighted by Crippen LogP contribution is 2.20. The molecule has 17 heavy (non-hydrogen) atoms. The topological polar surface area (TPSA) is 42.0 Å². The minimum absolute atomic E-state index is 0.117. The molecule has 0 aliphatic carbocycles. The third-order valence-corrected chi connectivity index (χ3v) is 2.81. The van der Waals surface area contributed by atoms with E-state index in [4.69, 9.17) is 11.6 Å². The Hall–Kier alpha value is -1.26. The van der Waals surface area contributed by atoms with Gasteiger partial charge in [-0.1, -0.05) is 17.7 Å². The number of amides is 1. The maximum absolute atomic E-state index is 11.9. The number of hydrogen-bond donors (Lipinski definition) is 2. The van der Waals surface area contributed by atoms with E-state index in [0.29, 0.717) is 22.9 Å². The molecule has 0 saturated carbocycles. The summed E-state index contributed by atoms with van der Waals surface area (Å²) in [5.41, 5.74) is 1.32. The van der Waals surface area contributed by atoms with Crippen molar-refractivity contribution in [3.63, 3.8) is 0 Å². The molecule has 1 aromatic heterocycles. The minimum atomic E-state index is -0.117. The molecule has 1 amide bonds. The number of aromatic nitrogens is 1. The summed E-state index contributed by atoms with van der Waals surface area (Å²) in [5, 5.41) is 4.19. The normalized spacial score (nSPS) is 10.5. The van der Waals surface area contributed by atoms with Crippen molar-refractivity contribution >= 4 is 41.0 Å². The van der Waals surface area contributed by atoms with Crippen LogP contribution in [0.15, 0.2) is 30.5 Å². The molecule has 2 aromatic rings. The monoisotopic (exact) mass is 266 g/mol. The maximum Gasteiger partial charge on any atom is 0.252 e. The Kier molecular flexibility index (Phi) is 3.86. The molecule has 0 aliphatic heterocycles. The van der Waals surface area contributed by atoms with Gasteiger partial charge in [0.15, 0.2) is 0 Å². The van der Waals surface area contributed by atoms with Gasteiger partial charge in [0.25, 0.3) is 5.91 Å². The summed E-state index contributed by atoms with van der Waals surface area (Å²) < 4.78 is 0. The van der Waals surface area contributed by atoms with Crippen LogP contribution in [0, 0.1) is 0 Å². The van der Waals surface area contributed by atoms with Crippen LogP contribution in [-0.2, 0) is 0 Å². The van der Waals surface area contributed by atoms with Gasteiger partial charge >= 0.3 is 0 Å². The Morgan fingerprint density at radius 2 is 2.24 bits per heavy atom. The highest BCUT2D eigenvalue weighted by molar-refractivity contribution is 7.80. The Balaban J connectivity index is 2.43. The lowest BCUT2D eigenvalue weighted by Crippen LogP contribution is -2.25. The first-order chi connectivity index (χ1) is 8.22. The number of rotatable bonds is 3. The highest BCUT2D eigenvalue weighted by atomic mass is 35.5. The van der Waals surface area contributed by atoms with Crippen LogP contribution in [0.2, 0.25) is 5.02 Å². The minimum Gasteiger partial charge on any atom is -0.351 e. The van der Waals surface area contributed by atoms with E-state index in [-0.39, 0.29) is 5.91 Å². The molecule has 88 valence electrons. The maximum atomic E-state index is 11.9. The lowest BCUT2D eigenvalue weighted by molar-refractivity contribution is 0.0958. The fourth-order valence-electron chi connectivity index (χ4n) is 1.58. The van der Waals surface area contributed by atoms with Crippen LogP contribution in [0.3, 0.4) is 0 Å².